The van der Waals surface area contributed by atoms with Crippen molar-refractivity contribution in [2.45, 2.75) is 38.6 Å². The van der Waals surface area contributed by atoms with Gasteiger partial charge in [0, 0.05) is 36.1 Å². The second-order valence-electron chi connectivity index (χ2n) is 9.46. The minimum Gasteiger partial charge on any atom is -0.492 e. The molecule has 0 aliphatic carbocycles. The minimum atomic E-state index is -1.39. The van der Waals surface area contributed by atoms with Crippen LogP contribution in [0.25, 0.3) is 0 Å². The first-order valence-electron chi connectivity index (χ1n) is 12.8. The number of nitrogens with zero attached hydrogens (tertiary/aromatic N) is 3. The van der Waals surface area contributed by atoms with Gasteiger partial charge in [0.05, 0.1) is 12.0 Å². The highest BCUT2D eigenvalue weighted by atomic mass is 16.7. The molecule has 1 atom stereocenters. The Labute approximate surface area is 238 Å². The second-order valence-corrected chi connectivity index (χ2v) is 9.46. The maximum Gasteiger partial charge on any atom is 0.333 e. The van der Waals surface area contributed by atoms with Gasteiger partial charge in [-0.1, -0.05) is 5.57 Å². The molecule has 0 spiro atoms. The molecule has 42 heavy (non-hydrogen) atoms. The fourth-order valence-electron chi connectivity index (χ4n) is 4.09. The number of allylic oxidation sites excluding steroid dienone is 1. The standard InChI is InChI=1S/C27H29N7O8/c1-14-2-7-18-23(32-27(28)33-25(18)39)30-13-16(14)12-29-17-5-3-15(4-6-17)24(38)31-19(26(40)41)8-11-22(37)42-34-20(35)9-10-21(34)36/h3-6,9-10,13,19,29,35-36H,2,7-8,11-12H2,1H3,(H,31,38)(H,40,41)(H3,28,32,33,39). The largest absolute Gasteiger partial charge is 0.492 e. The number of carboxylic acid groups (broad SMARTS) is 1. The summed E-state index contributed by atoms with van der Waals surface area (Å²) in [7, 11) is 0. The number of nitrogens with one attached hydrogen (secondary N) is 3. The van der Waals surface area contributed by atoms with Gasteiger partial charge in [-0.25, -0.2) is 14.6 Å². The molecule has 0 radical (unpaired) electrons. The van der Waals surface area contributed by atoms with Crippen LogP contribution in [0.2, 0.25) is 0 Å². The summed E-state index contributed by atoms with van der Waals surface area (Å²) < 4.78 is 0.489. The van der Waals surface area contributed by atoms with E-state index in [1.165, 1.54) is 12.1 Å². The lowest BCUT2D eigenvalue weighted by molar-refractivity contribution is -0.146. The van der Waals surface area contributed by atoms with Crippen LogP contribution in [0.5, 0.6) is 11.8 Å². The predicted molar refractivity (Wildman–Crippen MR) is 151 cm³/mol. The Balaban J connectivity index is 1.32. The van der Waals surface area contributed by atoms with Crippen LogP contribution in [-0.2, 0) is 16.0 Å². The third-order valence-electron chi connectivity index (χ3n) is 6.51. The number of amides is 1. The smallest absolute Gasteiger partial charge is 0.333 e. The summed E-state index contributed by atoms with van der Waals surface area (Å²) >= 11 is 0. The van der Waals surface area contributed by atoms with Crippen molar-refractivity contribution in [3.8, 4) is 11.8 Å². The van der Waals surface area contributed by atoms with Crippen LogP contribution in [0.4, 0.5) is 17.5 Å². The molecule has 1 unspecified atom stereocenters. The number of aromatic hydroxyl groups is 2. The molecule has 3 heterocycles. The number of aromatic nitrogens is 3. The number of aliphatic imine (C=N–C) groups is 1. The third kappa shape index (κ3) is 7.12. The van der Waals surface area contributed by atoms with E-state index in [9.17, 15) is 34.5 Å². The van der Waals surface area contributed by atoms with Crippen molar-refractivity contribution in [1.29, 1.82) is 0 Å². The van der Waals surface area contributed by atoms with Crippen molar-refractivity contribution in [2.24, 2.45) is 4.99 Å². The van der Waals surface area contributed by atoms with Crippen molar-refractivity contribution < 1.29 is 34.5 Å². The van der Waals surface area contributed by atoms with Gasteiger partial charge < -0.3 is 36.5 Å². The molecule has 8 N–H and O–H groups in total. The fraction of sp³-hybridized carbons (Fsp3) is 0.259. The average Bonchev–Trinajstić information content (AvgIpc) is 3.25. The maximum absolute atomic E-state index is 12.7. The lowest BCUT2D eigenvalue weighted by atomic mass is 10.0. The monoisotopic (exact) mass is 579 g/mol. The van der Waals surface area contributed by atoms with Crippen LogP contribution in [-0.4, -0.2) is 66.7 Å². The molecule has 15 heteroatoms. The lowest BCUT2D eigenvalue weighted by Gasteiger charge is -2.15. The molecule has 1 aromatic carbocycles. The van der Waals surface area contributed by atoms with Crippen molar-refractivity contribution in [1.82, 2.24) is 20.0 Å². The van der Waals surface area contributed by atoms with E-state index in [1.54, 1.807) is 18.3 Å². The van der Waals surface area contributed by atoms with Gasteiger partial charge in [0.2, 0.25) is 17.7 Å². The summed E-state index contributed by atoms with van der Waals surface area (Å²) in [4.78, 5) is 64.3. The molecule has 0 bridgehead atoms. The van der Waals surface area contributed by atoms with Crippen LogP contribution in [0, 0.1) is 0 Å². The number of aliphatic carboxylic acids is 1. The molecule has 1 amide bonds. The molecular weight excluding hydrogens is 550 g/mol. The van der Waals surface area contributed by atoms with E-state index in [-0.39, 0.29) is 29.3 Å². The molecule has 0 saturated heterocycles. The number of carboxylic acids is 1. The summed E-state index contributed by atoms with van der Waals surface area (Å²) in [5.74, 6) is -3.69. The molecule has 1 aliphatic heterocycles. The molecule has 4 rings (SSSR count). The molecule has 0 fully saturated rings. The maximum atomic E-state index is 12.7. The third-order valence-corrected chi connectivity index (χ3v) is 6.51. The predicted octanol–water partition coefficient (Wildman–Crippen LogP) is 1.26. The van der Waals surface area contributed by atoms with E-state index in [2.05, 4.69) is 25.6 Å². The summed E-state index contributed by atoms with van der Waals surface area (Å²) in [6, 6.07) is 7.17. The summed E-state index contributed by atoms with van der Waals surface area (Å²) in [5.41, 5.74) is 8.64. The number of fused-ring (bicyclic) bond motifs is 1. The highest BCUT2D eigenvalue weighted by Crippen LogP contribution is 2.22. The fourth-order valence-corrected chi connectivity index (χ4v) is 4.09. The van der Waals surface area contributed by atoms with Gasteiger partial charge >= 0.3 is 11.9 Å². The number of carbonyl (C=O) groups excluding carboxylic acids is 2. The Morgan fingerprint density at radius 2 is 1.81 bits per heavy atom. The van der Waals surface area contributed by atoms with Crippen LogP contribution in [0.15, 0.2) is 57.3 Å². The normalized spacial score (nSPS) is 13.5. The quantitative estimate of drug-likeness (QED) is 0.180. The summed E-state index contributed by atoms with van der Waals surface area (Å²) in [6.07, 6.45) is 2.03. The van der Waals surface area contributed by atoms with E-state index >= 15 is 0 Å². The van der Waals surface area contributed by atoms with Crippen LogP contribution < -0.4 is 26.8 Å². The van der Waals surface area contributed by atoms with Gasteiger partial charge in [0.15, 0.2) is 5.82 Å². The molecule has 3 aromatic rings. The van der Waals surface area contributed by atoms with Gasteiger partial charge in [-0.15, -0.1) is 4.73 Å². The Morgan fingerprint density at radius 1 is 1.12 bits per heavy atom. The number of hydrogen-bond acceptors (Lipinski definition) is 11. The molecule has 2 aromatic heterocycles. The topological polar surface area (TPSA) is 234 Å². The minimum absolute atomic E-state index is 0.00621. The van der Waals surface area contributed by atoms with Crippen molar-refractivity contribution in [3.05, 3.63) is 69.0 Å². The number of nitrogens with two attached hydrogens (primary N) is 1. The van der Waals surface area contributed by atoms with E-state index in [4.69, 9.17) is 10.6 Å². The van der Waals surface area contributed by atoms with Gasteiger partial charge in [-0.05, 0) is 56.0 Å². The summed E-state index contributed by atoms with van der Waals surface area (Å²) in [6.45, 7) is 2.36. The first kappa shape index (κ1) is 29.4. The molecule has 15 nitrogen and oxygen atoms in total. The van der Waals surface area contributed by atoms with Crippen molar-refractivity contribution >= 4 is 41.5 Å². The Hall–Kier alpha value is -5.60. The van der Waals surface area contributed by atoms with Gasteiger partial charge in [0.1, 0.15) is 6.04 Å². The Kier molecular flexibility index (Phi) is 8.90. The first-order chi connectivity index (χ1) is 20.0. The van der Waals surface area contributed by atoms with Crippen LogP contribution >= 0.6 is 0 Å². The second kappa shape index (κ2) is 12.7. The van der Waals surface area contributed by atoms with Crippen molar-refractivity contribution in [3.63, 3.8) is 0 Å². The zero-order chi connectivity index (χ0) is 30.4. The van der Waals surface area contributed by atoms with Crippen LogP contribution in [0.1, 0.15) is 42.1 Å². The lowest BCUT2D eigenvalue weighted by Crippen LogP contribution is -2.41. The Bertz CT molecular complexity index is 1600. The van der Waals surface area contributed by atoms with E-state index in [1.807, 2.05) is 6.92 Å². The number of aromatic amines is 1. The van der Waals surface area contributed by atoms with Gasteiger partial charge in [-0.3, -0.25) is 14.6 Å². The number of rotatable bonds is 10. The number of hydrogen-bond donors (Lipinski definition) is 7. The number of anilines is 2. The molecule has 220 valence electrons. The average molecular weight is 580 g/mol. The number of benzene rings is 1. The number of nitrogen functional groups attached to an aromatic ring is 1. The SMILES string of the molecule is CC1=C(CNc2ccc(C(=O)NC(CCC(=O)On3c(O)ccc3O)C(=O)O)cc2)C=Nc2nc(N)[nH]c(=O)c2CC1. The molecule has 0 saturated carbocycles. The number of carbonyl (C=O) groups is 3. The molecule has 1 aliphatic rings. The number of H-pyrrole nitrogens is 1. The van der Waals surface area contributed by atoms with Crippen molar-refractivity contribution in [2.75, 3.05) is 17.6 Å². The Morgan fingerprint density at radius 3 is 2.48 bits per heavy atom. The van der Waals surface area contributed by atoms with Gasteiger partial charge in [0.25, 0.3) is 11.5 Å². The highest BCUT2D eigenvalue weighted by molar-refractivity contribution is 5.97. The first-order valence-corrected chi connectivity index (χ1v) is 12.8. The highest BCUT2D eigenvalue weighted by Gasteiger charge is 2.23. The van der Waals surface area contributed by atoms with E-state index < -0.39 is 42.1 Å². The molecular formula is C27H29N7O8. The van der Waals surface area contributed by atoms with Crippen LogP contribution in [0.3, 0.4) is 0 Å². The summed E-state index contributed by atoms with van der Waals surface area (Å²) in [5, 5.41) is 34.2. The van der Waals surface area contributed by atoms with E-state index in [0.29, 0.717) is 35.4 Å². The zero-order valence-corrected chi connectivity index (χ0v) is 22.5. The zero-order valence-electron chi connectivity index (χ0n) is 22.5. The van der Waals surface area contributed by atoms with Gasteiger partial charge in [-0.2, -0.15) is 4.98 Å². The van der Waals surface area contributed by atoms with E-state index in [0.717, 1.165) is 23.3 Å².